The van der Waals surface area contributed by atoms with E-state index in [1.165, 1.54) is 8.61 Å². The fourth-order valence-corrected chi connectivity index (χ4v) is 3.66. The van der Waals surface area contributed by atoms with E-state index in [4.69, 9.17) is 0 Å². The maximum absolute atomic E-state index is 12.5. The Kier molecular flexibility index (Phi) is 4.87. The largest absolute Gasteiger partial charge is 0.314 e. The van der Waals surface area contributed by atoms with Crippen LogP contribution in [0.4, 0.5) is 0 Å². The Balaban J connectivity index is 2.11. The van der Waals surface area contributed by atoms with E-state index in [0.717, 1.165) is 5.69 Å². The summed E-state index contributed by atoms with van der Waals surface area (Å²) in [6.07, 6.45) is 1.68. The van der Waals surface area contributed by atoms with Crippen molar-refractivity contribution in [1.29, 1.82) is 0 Å². The number of aromatic nitrogens is 1. The number of rotatable bonds is 5. The number of nitrogens with zero attached hydrogens (tertiary/aromatic N) is 3. The molecule has 1 N–H and O–H groups in total. The predicted octanol–water partition coefficient (Wildman–Crippen LogP) is 0.0535. The fourth-order valence-electron chi connectivity index (χ4n) is 2.07. The van der Waals surface area contributed by atoms with Gasteiger partial charge in [0, 0.05) is 38.9 Å². The first kappa shape index (κ1) is 14.4. The van der Waals surface area contributed by atoms with Gasteiger partial charge in [-0.15, -0.1) is 0 Å². The van der Waals surface area contributed by atoms with Crippen molar-refractivity contribution in [2.75, 3.05) is 32.7 Å². The molecule has 0 saturated carbocycles. The molecule has 1 aromatic rings. The maximum atomic E-state index is 12.5. The molecule has 0 aromatic carbocycles. The Morgan fingerprint density at radius 3 is 2.68 bits per heavy atom. The number of piperazine rings is 1. The van der Waals surface area contributed by atoms with E-state index in [2.05, 4.69) is 10.3 Å². The molecule has 1 aromatic heterocycles. The van der Waals surface area contributed by atoms with Crippen LogP contribution < -0.4 is 5.32 Å². The lowest BCUT2D eigenvalue weighted by atomic mass is 10.3. The first-order valence-corrected chi connectivity index (χ1v) is 7.90. The van der Waals surface area contributed by atoms with E-state index >= 15 is 0 Å². The minimum atomic E-state index is -3.39. The van der Waals surface area contributed by atoms with E-state index < -0.39 is 10.2 Å². The third kappa shape index (κ3) is 3.50. The minimum absolute atomic E-state index is 0.323. The molecule has 0 atom stereocenters. The molecule has 1 aliphatic heterocycles. The Morgan fingerprint density at radius 1 is 1.37 bits per heavy atom. The van der Waals surface area contributed by atoms with Crippen molar-refractivity contribution in [3.63, 3.8) is 0 Å². The summed E-state index contributed by atoms with van der Waals surface area (Å²) in [4.78, 5) is 4.19. The van der Waals surface area contributed by atoms with Crippen LogP contribution in [-0.4, -0.2) is 54.7 Å². The normalized spacial score (nSPS) is 17.8. The summed E-state index contributed by atoms with van der Waals surface area (Å²) < 4.78 is 28.0. The third-order valence-corrected chi connectivity index (χ3v) is 5.20. The SMILES string of the molecule is CCN(Cc1ccccn1)S(=O)(=O)N1CCNCC1. The van der Waals surface area contributed by atoms with Gasteiger partial charge in [-0.1, -0.05) is 13.0 Å². The van der Waals surface area contributed by atoms with E-state index in [1.807, 2.05) is 25.1 Å². The van der Waals surface area contributed by atoms with Crippen molar-refractivity contribution in [1.82, 2.24) is 18.9 Å². The van der Waals surface area contributed by atoms with Gasteiger partial charge in [-0.25, -0.2) is 0 Å². The summed E-state index contributed by atoms with van der Waals surface area (Å²) in [5, 5.41) is 3.16. The summed E-state index contributed by atoms with van der Waals surface area (Å²) in [5.74, 6) is 0. The van der Waals surface area contributed by atoms with Gasteiger partial charge >= 0.3 is 0 Å². The predicted molar refractivity (Wildman–Crippen MR) is 73.7 cm³/mol. The summed E-state index contributed by atoms with van der Waals surface area (Å²) in [6.45, 7) is 5.10. The summed E-state index contributed by atoms with van der Waals surface area (Å²) in [5.41, 5.74) is 0.767. The zero-order chi connectivity index (χ0) is 13.7. The maximum Gasteiger partial charge on any atom is 0.282 e. The first-order chi connectivity index (χ1) is 9.14. The second-order valence-corrected chi connectivity index (χ2v) is 6.33. The van der Waals surface area contributed by atoms with Gasteiger partial charge in [-0.3, -0.25) is 4.98 Å². The van der Waals surface area contributed by atoms with E-state index in [0.29, 0.717) is 39.3 Å². The van der Waals surface area contributed by atoms with Crippen LogP contribution in [0.5, 0.6) is 0 Å². The van der Waals surface area contributed by atoms with Gasteiger partial charge in [0.15, 0.2) is 0 Å². The molecule has 0 spiro atoms. The molecule has 1 fully saturated rings. The topological polar surface area (TPSA) is 65.5 Å². The number of nitrogens with one attached hydrogen (secondary N) is 1. The van der Waals surface area contributed by atoms with E-state index in [9.17, 15) is 8.42 Å². The van der Waals surface area contributed by atoms with Crippen molar-refractivity contribution in [3.05, 3.63) is 30.1 Å². The minimum Gasteiger partial charge on any atom is -0.314 e. The van der Waals surface area contributed by atoms with Gasteiger partial charge in [-0.05, 0) is 12.1 Å². The van der Waals surface area contributed by atoms with Gasteiger partial charge in [0.2, 0.25) is 0 Å². The van der Waals surface area contributed by atoms with E-state index in [-0.39, 0.29) is 0 Å². The zero-order valence-electron chi connectivity index (χ0n) is 11.1. The van der Waals surface area contributed by atoms with Gasteiger partial charge in [0.05, 0.1) is 12.2 Å². The quantitative estimate of drug-likeness (QED) is 0.830. The summed E-state index contributed by atoms with van der Waals surface area (Å²) in [6, 6.07) is 5.54. The molecule has 0 aliphatic carbocycles. The molecule has 0 amide bonds. The van der Waals surface area contributed by atoms with Crippen LogP contribution in [0.3, 0.4) is 0 Å². The smallest absolute Gasteiger partial charge is 0.282 e. The second kappa shape index (κ2) is 6.42. The molecular formula is C12H20N4O2S. The molecule has 7 heteroatoms. The number of hydrogen-bond acceptors (Lipinski definition) is 4. The molecule has 0 unspecified atom stereocenters. The van der Waals surface area contributed by atoms with Gasteiger partial charge in [0.1, 0.15) is 0 Å². The highest BCUT2D eigenvalue weighted by molar-refractivity contribution is 7.86. The summed E-state index contributed by atoms with van der Waals surface area (Å²) >= 11 is 0. The Hall–Kier alpha value is -1.02. The van der Waals surface area contributed by atoms with Crippen LogP contribution in [0, 0.1) is 0 Å². The first-order valence-electron chi connectivity index (χ1n) is 6.50. The van der Waals surface area contributed by atoms with Gasteiger partial charge in [-0.2, -0.15) is 17.0 Å². The molecular weight excluding hydrogens is 264 g/mol. The molecule has 2 rings (SSSR count). The van der Waals surface area contributed by atoms with Crippen molar-refractivity contribution >= 4 is 10.2 Å². The monoisotopic (exact) mass is 284 g/mol. The van der Waals surface area contributed by atoms with Gasteiger partial charge in [0.25, 0.3) is 10.2 Å². The van der Waals surface area contributed by atoms with Crippen molar-refractivity contribution < 1.29 is 8.42 Å². The molecule has 0 bridgehead atoms. The highest BCUT2D eigenvalue weighted by Crippen LogP contribution is 2.12. The van der Waals surface area contributed by atoms with Crippen LogP contribution in [0.25, 0.3) is 0 Å². The standard InChI is InChI=1S/C12H20N4O2S/c1-2-15(11-12-5-3-4-6-14-12)19(17,18)16-9-7-13-8-10-16/h3-6,13H,2,7-11H2,1H3. The molecule has 19 heavy (non-hydrogen) atoms. The number of hydrogen-bond donors (Lipinski definition) is 1. The zero-order valence-corrected chi connectivity index (χ0v) is 11.9. The number of pyridine rings is 1. The Bertz CT molecular complexity index is 486. The van der Waals surface area contributed by atoms with E-state index in [1.54, 1.807) is 6.20 Å². The lowest BCUT2D eigenvalue weighted by molar-refractivity contribution is 0.311. The van der Waals surface area contributed by atoms with Crippen molar-refractivity contribution in [2.24, 2.45) is 0 Å². The second-order valence-electron chi connectivity index (χ2n) is 4.40. The Morgan fingerprint density at radius 2 is 2.11 bits per heavy atom. The third-order valence-electron chi connectivity index (χ3n) is 3.15. The van der Waals surface area contributed by atoms with Crippen LogP contribution in [0.1, 0.15) is 12.6 Å². The van der Waals surface area contributed by atoms with Crippen molar-refractivity contribution in [2.45, 2.75) is 13.5 Å². The summed E-state index contributed by atoms with van der Waals surface area (Å²) in [7, 11) is -3.39. The Labute approximate surface area is 114 Å². The molecule has 6 nitrogen and oxygen atoms in total. The fraction of sp³-hybridized carbons (Fsp3) is 0.583. The van der Waals surface area contributed by atoms with Crippen molar-refractivity contribution in [3.8, 4) is 0 Å². The molecule has 1 saturated heterocycles. The average molecular weight is 284 g/mol. The highest BCUT2D eigenvalue weighted by atomic mass is 32.2. The lowest BCUT2D eigenvalue weighted by Gasteiger charge is -2.31. The average Bonchev–Trinajstić information content (AvgIpc) is 2.46. The molecule has 1 aliphatic rings. The lowest BCUT2D eigenvalue weighted by Crippen LogP contribution is -2.51. The highest BCUT2D eigenvalue weighted by Gasteiger charge is 2.29. The van der Waals surface area contributed by atoms with Crippen LogP contribution in [0.2, 0.25) is 0 Å². The van der Waals surface area contributed by atoms with Crippen LogP contribution >= 0.6 is 0 Å². The molecule has 106 valence electrons. The molecule has 0 radical (unpaired) electrons. The van der Waals surface area contributed by atoms with Crippen LogP contribution in [0.15, 0.2) is 24.4 Å². The van der Waals surface area contributed by atoms with Gasteiger partial charge < -0.3 is 5.32 Å². The van der Waals surface area contributed by atoms with Crippen LogP contribution in [-0.2, 0) is 16.8 Å². The molecule has 2 heterocycles.